The van der Waals surface area contributed by atoms with Crippen LogP contribution < -0.4 is 0 Å². The summed E-state index contributed by atoms with van der Waals surface area (Å²) in [5.41, 5.74) is 26.4. The van der Waals surface area contributed by atoms with Crippen LogP contribution in [0.1, 0.15) is 170 Å². The van der Waals surface area contributed by atoms with E-state index >= 15 is 0 Å². The van der Waals surface area contributed by atoms with Crippen molar-refractivity contribution in [2.75, 3.05) is 0 Å². The third-order valence-corrected chi connectivity index (χ3v) is 17.2. The van der Waals surface area contributed by atoms with Gasteiger partial charge in [-0.25, -0.2) is 0 Å². The molecule has 0 nitrogen and oxygen atoms in total. The van der Waals surface area contributed by atoms with E-state index in [0.717, 1.165) is 0 Å². The lowest BCUT2D eigenvalue weighted by molar-refractivity contribution is 0.588. The Morgan fingerprint density at radius 3 is 0.908 bits per heavy atom. The molecule has 0 radical (unpaired) electrons. The van der Waals surface area contributed by atoms with Crippen molar-refractivity contribution in [2.45, 2.75) is 130 Å². The minimum Gasteiger partial charge on any atom is -0.0587 e. The molecule has 10 aromatic rings. The van der Waals surface area contributed by atoms with E-state index in [0.29, 0.717) is 11.8 Å². The van der Waals surface area contributed by atoms with Crippen molar-refractivity contribution in [3.63, 3.8) is 0 Å². The van der Waals surface area contributed by atoms with Crippen LogP contribution in [0.3, 0.4) is 0 Å². The maximum Gasteiger partial charge on any atom is 0.0719 e. The Labute approximate surface area is 454 Å². The molecule has 0 N–H and O–H groups in total. The molecule has 0 bridgehead atoms. The Kier molecular flexibility index (Phi) is 12.6. The first-order chi connectivity index (χ1) is 36.2. The summed E-state index contributed by atoms with van der Waals surface area (Å²) in [7, 11) is 0. The smallest absolute Gasteiger partial charge is 0.0587 e. The van der Waals surface area contributed by atoms with Gasteiger partial charge in [0.2, 0.25) is 0 Å². The van der Waals surface area contributed by atoms with Crippen LogP contribution in [0.25, 0.3) is 43.8 Å². The normalized spacial score (nSPS) is 14.1. The molecule has 0 heteroatoms. The summed E-state index contributed by atoms with van der Waals surface area (Å²) in [5.74, 6) is 1.01. The van der Waals surface area contributed by atoms with Gasteiger partial charge >= 0.3 is 0 Å². The molecule has 0 spiro atoms. The van der Waals surface area contributed by atoms with Crippen molar-refractivity contribution in [1.82, 2.24) is 0 Å². The van der Waals surface area contributed by atoms with Crippen LogP contribution in [-0.2, 0) is 21.7 Å². The zero-order valence-corrected chi connectivity index (χ0v) is 47.6. The standard InChI is InChI=1S/C39H40.C37H36/c1-25-9-20-32-27(23-25)11-22-34-33-21-10-26(2)24-35(33)39(36(32)34,30-16-12-28(13-17-30)37(3,4)5)31-18-14-29(15-19-31)38(6,7)8;1-23(2)27-9-14-30(15-10-27)37(31-16-11-28(12-17-31)24(3)4)35-22-26(6)8-19-33(35)34-20-13-29-21-25(5)7-18-32(29)36(34)37/h9-24H,1-8H3;7-24H,1-6H3. The minimum absolute atomic E-state index is 0.104. The molecule has 0 heterocycles. The predicted molar refractivity (Wildman–Crippen MR) is 327 cm³/mol. The Balaban J connectivity index is 0.000000162. The molecule has 2 aliphatic carbocycles. The van der Waals surface area contributed by atoms with Crippen molar-refractivity contribution in [3.05, 3.63) is 283 Å². The Morgan fingerprint density at radius 1 is 0.303 bits per heavy atom. The molecule has 10 aromatic carbocycles. The molecular formula is C76H76. The number of rotatable bonds is 6. The van der Waals surface area contributed by atoms with Gasteiger partial charge in [0, 0.05) is 0 Å². The fraction of sp³-hybridized carbons (Fsp3) is 0.263. The van der Waals surface area contributed by atoms with Gasteiger partial charge in [-0.15, -0.1) is 0 Å². The highest BCUT2D eigenvalue weighted by Crippen LogP contribution is 2.60. The second kappa shape index (κ2) is 18.8. The molecule has 0 aliphatic heterocycles. The van der Waals surface area contributed by atoms with Crippen LogP contribution >= 0.6 is 0 Å². The molecule has 0 aromatic heterocycles. The van der Waals surface area contributed by atoms with Gasteiger partial charge in [0.05, 0.1) is 10.8 Å². The maximum atomic E-state index is 2.44. The van der Waals surface area contributed by atoms with E-state index in [1.807, 2.05) is 0 Å². The van der Waals surface area contributed by atoms with Gasteiger partial charge in [-0.2, -0.15) is 0 Å². The summed E-state index contributed by atoms with van der Waals surface area (Å²) in [6, 6.07) is 75.2. The van der Waals surface area contributed by atoms with E-state index in [1.165, 1.54) is 133 Å². The monoisotopic (exact) mass is 989 g/mol. The molecule has 0 fully saturated rings. The second-order valence-corrected chi connectivity index (χ2v) is 25.2. The summed E-state index contributed by atoms with van der Waals surface area (Å²) in [6.45, 7) is 31.7. The van der Waals surface area contributed by atoms with Crippen LogP contribution in [0, 0.1) is 27.7 Å². The van der Waals surface area contributed by atoms with Crippen LogP contribution in [-0.4, -0.2) is 0 Å². The Hall–Kier alpha value is -7.28. The average Bonchev–Trinajstić information content (AvgIpc) is 4.02. The lowest BCUT2D eigenvalue weighted by Crippen LogP contribution is -2.29. The fourth-order valence-electron chi connectivity index (χ4n) is 13.0. The largest absolute Gasteiger partial charge is 0.0719 e. The van der Waals surface area contributed by atoms with E-state index in [9.17, 15) is 0 Å². The van der Waals surface area contributed by atoms with Crippen LogP contribution in [0.5, 0.6) is 0 Å². The summed E-state index contributed by atoms with van der Waals surface area (Å²) >= 11 is 0. The second-order valence-electron chi connectivity index (χ2n) is 25.2. The first-order valence-corrected chi connectivity index (χ1v) is 27.9. The van der Waals surface area contributed by atoms with Gasteiger partial charge in [0.1, 0.15) is 0 Å². The van der Waals surface area contributed by atoms with Gasteiger partial charge in [0.25, 0.3) is 0 Å². The SMILES string of the molecule is Cc1ccc2c(c1)C(c1ccc(C(C)(C)C)cc1)(c1ccc(C(C)(C)C)cc1)c1c-2ccc2cc(C)ccc12.Cc1ccc2c(c1)C(c1ccc(C(C)C)cc1)(c1ccc(C(C)C)cc1)c1c-2ccc2cc(C)ccc12. The first-order valence-electron chi connectivity index (χ1n) is 27.9. The van der Waals surface area contributed by atoms with E-state index < -0.39 is 5.41 Å². The number of aryl methyl sites for hydroxylation is 4. The van der Waals surface area contributed by atoms with Crippen molar-refractivity contribution >= 4 is 21.5 Å². The molecule has 12 rings (SSSR count). The summed E-state index contributed by atoms with van der Waals surface area (Å²) < 4.78 is 0. The summed E-state index contributed by atoms with van der Waals surface area (Å²) in [4.78, 5) is 0. The lowest BCUT2D eigenvalue weighted by Gasteiger charge is -2.36. The molecule has 0 atom stereocenters. The Bertz CT molecular complexity index is 3710. The predicted octanol–water partition coefficient (Wildman–Crippen LogP) is 20.5. The summed E-state index contributed by atoms with van der Waals surface area (Å²) in [5, 5.41) is 5.30. The van der Waals surface area contributed by atoms with Gasteiger partial charge < -0.3 is 0 Å². The van der Waals surface area contributed by atoms with Gasteiger partial charge in [0.15, 0.2) is 0 Å². The molecule has 76 heavy (non-hydrogen) atoms. The van der Waals surface area contributed by atoms with Crippen LogP contribution in [0.15, 0.2) is 194 Å². The highest BCUT2D eigenvalue weighted by Gasteiger charge is 2.49. The maximum absolute atomic E-state index is 2.44. The summed E-state index contributed by atoms with van der Waals surface area (Å²) in [6.07, 6.45) is 0. The topological polar surface area (TPSA) is 0 Å². The van der Waals surface area contributed by atoms with Crippen molar-refractivity contribution < 1.29 is 0 Å². The molecule has 380 valence electrons. The Morgan fingerprint density at radius 2 is 0.592 bits per heavy atom. The lowest BCUT2D eigenvalue weighted by atomic mass is 9.66. The van der Waals surface area contributed by atoms with Crippen molar-refractivity contribution in [3.8, 4) is 22.3 Å². The van der Waals surface area contributed by atoms with E-state index in [1.54, 1.807) is 0 Å². The number of hydrogen-bond acceptors (Lipinski definition) is 0. The van der Waals surface area contributed by atoms with E-state index in [2.05, 4.69) is 291 Å². The molecule has 0 unspecified atom stereocenters. The van der Waals surface area contributed by atoms with E-state index in [4.69, 9.17) is 0 Å². The number of benzene rings is 10. The van der Waals surface area contributed by atoms with Gasteiger partial charge in [-0.1, -0.05) is 286 Å². The zero-order valence-electron chi connectivity index (χ0n) is 47.6. The zero-order chi connectivity index (χ0) is 53.6. The van der Waals surface area contributed by atoms with Crippen LogP contribution in [0.2, 0.25) is 0 Å². The molecule has 0 saturated heterocycles. The first kappa shape index (κ1) is 50.9. The quantitative estimate of drug-likeness (QED) is 0.156. The van der Waals surface area contributed by atoms with Gasteiger partial charge in [-0.3, -0.25) is 0 Å². The third kappa shape index (κ3) is 8.27. The van der Waals surface area contributed by atoms with Crippen molar-refractivity contribution in [2.24, 2.45) is 0 Å². The van der Waals surface area contributed by atoms with Crippen molar-refractivity contribution in [1.29, 1.82) is 0 Å². The van der Waals surface area contributed by atoms with E-state index in [-0.39, 0.29) is 16.2 Å². The molecule has 0 saturated carbocycles. The highest BCUT2D eigenvalue weighted by molar-refractivity contribution is 6.02. The number of hydrogen-bond donors (Lipinski definition) is 0. The van der Waals surface area contributed by atoms with Gasteiger partial charge in [-0.05, 0) is 161 Å². The highest BCUT2D eigenvalue weighted by atomic mass is 14.5. The molecule has 2 aliphatic rings. The minimum atomic E-state index is -0.404. The van der Waals surface area contributed by atoms with Crippen LogP contribution in [0.4, 0.5) is 0 Å². The average molecular weight is 989 g/mol. The fourth-order valence-corrected chi connectivity index (χ4v) is 13.0. The third-order valence-electron chi connectivity index (χ3n) is 17.2. The molecule has 0 amide bonds. The molecular weight excluding hydrogens is 913 g/mol. The number of fused-ring (bicyclic) bond motifs is 10.